The zero-order valence-electron chi connectivity index (χ0n) is 15.2. The molecule has 23 heavy (non-hydrogen) atoms. The largest absolute Gasteiger partial charge is 0.352 e. The fraction of sp³-hybridized carbons (Fsp3) is 0.889. The highest BCUT2D eigenvalue weighted by Crippen LogP contribution is 2.20. The molecule has 5 heteroatoms. The average molecular weight is 323 g/mol. The van der Waals surface area contributed by atoms with Crippen molar-refractivity contribution >= 4 is 11.8 Å². The number of nitrogens with one attached hydrogen (secondary N) is 1. The lowest BCUT2D eigenvalue weighted by molar-refractivity contribution is -0.142. The Bertz CT molecular complexity index is 416. The summed E-state index contributed by atoms with van der Waals surface area (Å²) < 4.78 is 0. The molecule has 0 aromatic heterocycles. The molecular formula is C18H33N3O2. The van der Waals surface area contributed by atoms with E-state index in [1.54, 1.807) is 0 Å². The van der Waals surface area contributed by atoms with E-state index in [0.29, 0.717) is 6.04 Å². The van der Waals surface area contributed by atoms with Crippen molar-refractivity contribution in [2.45, 2.75) is 71.9 Å². The van der Waals surface area contributed by atoms with Gasteiger partial charge in [0.1, 0.15) is 0 Å². The van der Waals surface area contributed by atoms with E-state index in [9.17, 15) is 9.59 Å². The van der Waals surface area contributed by atoms with Gasteiger partial charge in [-0.25, -0.2) is 0 Å². The highest BCUT2D eigenvalue weighted by Gasteiger charge is 2.32. The standard InChI is InChI=1S/C18H33N3O2/c1-14(16(22)19-15-8-6-5-7-9-15)20-10-12-21(13-11-20)17(23)18(2,3)4/h14-15H,5-13H2,1-4H3,(H,19,22)/t14-/m0/s1. The molecular weight excluding hydrogens is 290 g/mol. The Balaban J connectivity index is 1.79. The normalized spacial score (nSPS) is 22.7. The molecule has 1 N–H and O–H groups in total. The number of nitrogens with zero attached hydrogens (tertiary/aromatic N) is 2. The molecule has 1 heterocycles. The van der Waals surface area contributed by atoms with Gasteiger partial charge in [-0.15, -0.1) is 0 Å². The molecule has 132 valence electrons. The van der Waals surface area contributed by atoms with Crippen molar-refractivity contribution in [3.05, 3.63) is 0 Å². The van der Waals surface area contributed by atoms with Crippen LogP contribution in [0, 0.1) is 5.41 Å². The first-order valence-electron chi connectivity index (χ1n) is 9.13. The van der Waals surface area contributed by atoms with Crippen molar-refractivity contribution in [1.29, 1.82) is 0 Å². The maximum atomic E-state index is 12.5. The summed E-state index contributed by atoms with van der Waals surface area (Å²) in [6.45, 7) is 10.9. The molecule has 2 amide bonds. The van der Waals surface area contributed by atoms with Gasteiger partial charge in [-0.1, -0.05) is 40.0 Å². The van der Waals surface area contributed by atoms with Gasteiger partial charge in [0.15, 0.2) is 0 Å². The third-order valence-electron chi connectivity index (χ3n) is 5.12. The number of piperazine rings is 1. The summed E-state index contributed by atoms with van der Waals surface area (Å²) >= 11 is 0. The average Bonchev–Trinajstić information content (AvgIpc) is 2.53. The topological polar surface area (TPSA) is 52.7 Å². The number of hydrogen-bond acceptors (Lipinski definition) is 3. The van der Waals surface area contributed by atoms with Crippen LogP contribution in [0.2, 0.25) is 0 Å². The van der Waals surface area contributed by atoms with Crippen molar-refractivity contribution in [2.24, 2.45) is 5.41 Å². The van der Waals surface area contributed by atoms with Crippen LogP contribution in [0.5, 0.6) is 0 Å². The summed E-state index contributed by atoms with van der Waals surface area (Å²) in [4.78, 5) is 28.9. The van der Waals surface area contributed by atoms with Crippen LogP contribution in [-0.4, -0.2) is 59.9 Å². The molecule has 0 unspecified atom stereocenters. The summed E-state index contributed by atoms with van der Waals surface area (Å²) in [5.41, 5.74) is -0.327. The van der Waals surface area contributed by atoms with Crippen molar-refractivity contribution in [3.63, 3.8) is 0 Å². The number of carbonyl (C=O) groups is 2. The Labute approximate surface area is 140 Å². The van der Waals surface area contributed by atoms with Crippen molar-refractivity contribution in [3.8, 4) is 0 Å². The molecule has 1 atom stereocenters. The van der Waals surface area contributed by atoms with E-state index in [-0.39, 0.29) is 23.3 Å². The van der Waals surface area contributed by atoms with E-state index >= 15 is 0 Å². The van der Waals surface area contributed by atoms with E-state index < -0.39 is 0 Å². The Morgan fingerprint density at radius 2 is 1.57 bits per heavy atom. The quantitative estimate of drug-likeness (QED) is 0.864. The Morgan fingerprint density at radius 3 is 2.09 bits per heavy atom. The first-order chi connectivity index (χ1) is 10.8. The molecule has 0 aromatic rings. The van der Waals surface area contributed by atoms with E-state index in [4.69, 9.17) is 0 Å². The lowest BCUT2D eigenvalue weighted by Gasteiger charge is -2.40. The Morgan fingerprint density at radius 1 is 1.00 bits per heavy atom. The lowest BCUT2D eigenvalue weighted by Crippen LogP contribution is -2.57. The molecule has 1 saturated heterocycles. The second-order valence-electron chi connectivity index (χ2n) is 8.10. The SMILES string of the molecule is C[C@@H](C(=O)NC1CCCCC1)N1CCN(C(=O)C(C)(C)C)CC1. The summed E-state index contributed by atoms with van der Waals surface area (Å²) in [6.07, 6.45) is 5.99. The summed E-state index contributed by atoms with van der Waals surface area (Å²) in [7, 11) is 0. The first-order valence-corrected chi connectivity index (χ1v) is 9.13. The Kier molecular flexibility index (Phi) is 6.06. The van der Waals surface area contributed by atoms with Crippen LogP contribution in [-0.2, 0) is 9.59 Å². The third kappa shape index (κ3) is 4.93. The fourth-order valence-corrected chi connectivity index (χ4v) is 3.52. The van der Waals surface area contributed by atoms with Gasteiger partial charge in [0.05, 0.1) is 6.04 Å². The predicted octanol–water partition coefficient (Wildman–Crippen LogP) is 2.01. The van der Waals surface area contributed by atoms with Crippen LogP contribution in [0.25, 0.3) is 0 Å². The van der Waals surface area contributed by atoms with E-state index in [2.05, 4.69) is 10.2 Å². The molecule has 0 aromatic carbocycles. The summed E-state index contributed by atoms with van der Waals surface area (Å²) in [6, 6.07) is 0.256. The van der Waals surface area contributed by atoms with Crippen LogP contribution < -0.4 is 5.32 Å². The predicted molar refractivity (Wildman–Crippen MR) is 92.1 cm³/mol. The lowest BCUT2D eigenvalue weighted by atomic mass is 9.94. The van der Waals surface area contributed by atoms with Crippen LogP contribution in [0.15, 0.2) is 0 Å². The number of hydrogen-bond donors (Lipinski definition) is 1. The first kappa shape index (κ1) is 18.2. The van der Waals surface area contributed by atoms with Crippen LogP contribution in [0.4, 0.5) is 0 Å². The highest BCUT2D eigenvalue weighted by atomic mass is 16.2. The van der Waals surface area contributed by atoms with Crippen molar-refractivity contribution in [1.82, 2.24) is 15.1 Å². The number of amides is 2. The molecule has 0 bridgehead atoms. The summed E-state index contributed by atoms with van der Waals surface area (Å²) in [5.74, 6) is 0.351. The van der Waals surface area contributed by atoms with Crippen LogP contribution >= 0.6 is 0 Å². The van der Waals surface area contributed by atoms with Crippen LogP contribution in [0.1, 0.15) is 59.8 Å². The van der Waals surface area contributed by atoms with Gasteiger partial charge in [0.2, 0.25) is 11.8 Å². The smallest absolute Gasteiger partial charge is 0.237 e. The van der Waals surface area contributed by atoms with Gasteiger partial charge in [-0.05, 0) is 19.8 Å². The summed E-state index contributed by atoms with van der Waals surface area (Å²) in [5, 5.41) is 3.21. The monoisotopic (exact) mass is 323 g/mol. The van der Waals surface area contributed by atoms with Gasteiger partial charge in [-0.2, -0.15) is 0 Å². The maximum Gasteiger partial charge on any atom is 0.237 e. The second-order valence-corrected chi connectivity index (χ2v) is 8.10. The van der Waals surface area contributed by atoms with E-state index in [1.807, 2.05) is 32.6 Å². The molecule has 1 saturated carbocycles. The van der Waals surface area contributed by atoms with Gasteiger partial charge in [0, 0.05) is 37.6 Å². The van der Waals surface area contributed by atoms with Gasteiger partial charge < -0.3 is 10.2 Å². The van der Waals surface area contributed by atoms with Crippen molar-refractivity contribution < 1.29 is 9.59 Å². The van der Waals surface area contributed by atoms with Gasteiger partial charge in [0.25, 0.3) is 0 Å². The van der Waals surface area contributed by atoms with Gasteiger partial charge in [-0.3, -0.25) is 14.5 Å². The molecule has 2 rings (SSSR count). The minimum absolute atomic E-state index is 0.108. The molecule has 2 aliphatic rings. The molecule has 2 fully saturated rings. The maximum absolute atomic E-state index is 12.5. The molecule has 0 radical (unpaired) electrons. The second kappa shape index (κ2) is 7.65. The molecule has 1 aliphatic heterocycles. The molecule has 1 aliphatic carbocycles. The number of carbonyl (C=O) groups excluding carboxylic acids is 2. The fourth-order valence-electron chi connectivity index (χ4n) is 3.52. The van der Waals surface area contributed by atoms with E-state index in [0.717, 1.165) is 39.0 Å². The molecule has 5 nitrogen and oxygen atoms in total. The Hall–Kier alpha value is -1.10. The minimum atomic E-state index is -0.327. The van der Waals surface area contributed by atoms with Crippen molar-refractivity contribution in [2.75, 3.05) is 26.2 Å². The molecule has 0 spiro atoms. The number of rotatable bonds is 3. The van der Waals surface area contributed by atoms with Gasteiger partial charge >= 0.3 is 0 Å². The zero-order valence-corrected chi connectivity index (χ0v) is 15.2. The minimum Gasteiger partial charge on any atom is -0.352 e. The third-order valence-corrected chi connectivity index (χ3v) is 5.12. The zero-order chi connectivity index (χ0) is 17.0. The van der Waals surface area contributed by atoms with E-state index in [1.165, 1.54) is 19.3 Å². The van der Waals surface area contributed by atoms with Crippen LogP contribution in [0.3, 0.4) is 0 Å². The highest BCUT2D eigenvalue weighted by molar-refractivity contribution is 5.82.